The summed E-state index contributed by atoms with van der Waals surface area (Å²) in [5.41, 5.74) is -0.00402. The van der Waals surface area contributed by atoms with Gasteiger partial charge in [-0.3, -0.25) is 9.59 Å². The number of carbonyl (C=O) groups excluding carboxylic acids is 1. The van der Waals surface area contributed by atoms with E-state index in [2.05, 4.69) is 0 Å². The molecule has 1 aromatic heterocycles. The van der Waals surface area contributed by atoms with Crippen LogP contribution in [0.15, 0.2) is 47.4 Å². The van der Waals surface area contributed by atoms with Crippen LogP contribution < -0.4 is 10.3 Å². The maximum Gasteiger partial charge on any atom is 0.250 e. The van der Waals surface area contributed by atoms with Gasteiger partial charge in [-0.2, -0.15) is 0 Å². The quantitative estimate of drug-likeness (QED) is 0.772. The zero-order valence-corrected chi connectivity index (χ0v) is 10.1. The van der Waals surface area contributed by atoms with Crippen molar-refractivity contribution < 1.29 is 13.9 Å². The van der Waals surface area contributed by atoms with Crippen LogP contribution in [0.5, 0.6) is 5.75 Å². The minimum absolute atomic E-state index is 0.0820. The first-order chi connectivity index (χ1) is 9.22. The van der Waals surface area contributed by atoms with Crippen molar-refractivity contribution >= 4 is 6.29 Å². The highest BCUT2D eigenvalue weighted by Crippen LogP contribution is 2.20. The lowest BCUT2D eigenvalue weighted by atomic mass is 10.2. The van der Waals surface area contributed by atoms with Crippen LogP contribution in [-0.2, 0) is 6.54 Å². The molecule has 0 aliphatic rings. The first-order valence-corrected chi connectivity index (χ1v) is 5.74. The van der Waals surface area contributed by atoms with Gasteiger partial charge in [0.2, 0.25) is 0 Å². The number of carbonyl (C=O) groups is 1. The molecule has 0 bridgehead atoms. The van der Waals surface area contributed by atoms with Gasteiger partial charge in [0.05, 0.1) is 12.1 Å². The number of aldehydes is 1. The largest absolute Gasteiger partial charge is 0.488 e. The van der Waals surface area contributed by atoms with Crippen molar-refractivity contribution in [2.75, 3.05) is 6.61 Å². The van der Waals surface area contributed by atoms with E-state index in [4.69, 9.17) is 4.74 Å². The summed E-state index contributed by atoms with van der Waals surface area (Å²) in [6.45, 7) is 0.387. The van der Waals surface area contributed by atoms with Crippen molar-refractivity contribution in [1.29, 1.82) is 0 Å². The zero-order valence-electron chi connectivity index (χ0n) is 10.1. The monoisotopic (exact) mass is 261 g/mol. The summed E-state index contributed by atoms with van der Waals surface area (Å²) in [6, 6.07) is 8.92. The molecule has 5 heteroatoms. The minimum Gasteiger partial charge on any atom is -0.488 e. The topological polar surface area (TPSA) is 48.3 Å². The first-order valence-electron chi connectivity index (χ1n) is 5.74. The molecule has 0 radical (unpaired) electrons. The van der Waals surface area contributed by atoms with Crippen molar-refractivity contribution in [2.24, 2.45) is 0 Å². The zero-order chi connectivity index (χ0) is 13.7. The van der Waals surface area contributed by atoms with Gasteiger partial charge >= 0.3 is 0 Å². The summed E-state index contributed by atoms with van der Waals surface area (Å²) in [5, 5.41) is 0. The van der Waals surface area contributed by atoms with Gasteiger partial charge < -0.3 is 9.30 Å². The molecule has 0 spiro atoms. The van der Waals surface area contributed by atoms with Crippen molar-refractivity contribution in [3.8, 4) is 5.75 Å². The van der Waals surface area contributed by atoms with Gasteiger partial charge in [0, 0.05) is 12.3 Å². The fourth-order valence-electron chi connectivity index (χ4n) is 1.66. The number of para-hydroxylation sites is 1. The summed E-state index contributed by atoms with van der Waals surface area (Å²) in [4.78, 5) is 22.2. The maximum absolute atomic E-state index is 13.5. The Labute approximate surface area is 109 Å². The van der Waals surface area contributed by atoms with Gasteiger partial charge in [0.15, 0.2) is 17.9 Å². The number of pyridine rings is 1. The average molecular weight is 261 g/mol. The molecule has 1 aromatic carbocycles. The highest BCUT2D eigenvalue weighted by atomic mass is 19.1. The van der Waals surface area contributed by atoms with E-state index in [1.165, 1.54) is 28.8 Å². The number of hydrogen-bond donors (Lipinski definition) is 0. The SMILES string of the molecule is O=Cc1cccc(F)c1OCCn1ccccc1=O. The molecular formula is C14H12FNO3. The van der Waals surface area contributed by atoms with Crippen LogP contribution in [0.2, 0.25) is 0 Å². The van der Waals surface area contributed by atoms with Gasteiger partial charge in [-0.1, -0.05) is 12.1 Å². The van der Waals surface area contributed by atoms with Crippen LogP contribution in [-0.4, -0.2) is 17.5 Å². The molecule has 98 valence electrons. The van der Waals surface area contributed by atoms with Crippen LogP contribution in [0.3, 0.4) is 0 Å². The first kappa shape index (κ1) is 13.0. The second-order valence-electron chi connectivity index (χ2n) is 3.86. The number of ether oxygens (including phenoxy) is 1. The second kappa shape index (κ2) is 5.95. The third-order valence-corrected chi connectivity index (χ3v) is 2.60. The Morgan fingerprint density at radius 1 is 1.21 bits per heavy atom. The Morgan fingerprint density at radius 2 is 2.05 bits per heavy atom. The summed E-state index contributed by atoms with van der Waals surface area (Å²) in [6.07, 6.45) is 2.15. The summed E-state index contributed by atoms with van der Waals surface area (Å²) in [5.74, 6) is -0.675. The number of halogens is 1. The predicted molar refractivity (Wildman–Crippen MR) is 68.0 cm³/mol. The molecule has 2 aromatic rings. The molecule has 0 saturated carbocycles. The Hall–Kier alpha value is -2.43. The molecule has 0 atom stereocenters. The lowest BCUT2D eigenvalue weighted by molar-refractivity contribution is 0.111. The molecular weight excluding hydrogens is 249 g/mol. The summed E-state index contributed by atoms with van der Waals surface area (Å²) < 4.78 is 20.2. The van der Waals surface area contributed by atoms with Crippen molar-refractivity contribution in [3.05, 3.63) is 64.3 Å². The normalized spacial score (nSPS) is 10.2. The maximum atomic E-state index is 13.5. The number of nitrogens with zero attached hydrogens (tertiary/aromatic N) is 1. The number of hydrogen-bond acceptors (Lipinski definition) is 3. The molecule has 0 saturated heterocycles. The highest BCUT2D eigenvalue weighted by molar-refractivity contribution is 5.79. The van der Waals surface area contributed by atoms with Gasteiger partial charge in [-0.05, 0) is 18.2 Å². The summed E-state index contributed by atoms with van der Waals surface area (Å²) in [7, 11) is 0. The van der Waals surface area contributed by atoms with Crippen LogP contribution in [0.25, 0.3) is 0 Å². The van der Waals surface area contributed by atoms with Crippen molar-refractivity contribution in [3.63, 3.8) is 0 Å². The van der Waals surface area contributed by atoms with E-state index in [1.54, 1.807) is 18.3 Å². The fraction of sp³-hybridized carbons (Fsp3) is 0.143. The molecule has 0 aliphatic heterocycles. The average Bonchev–Trinajstić information content (AvgIpc) is 2.42. The van der Waals surface area contributed by atoms with E-state index >= 15 is 0 Å². The van der Waals surface area contributed by atoms with E-state index in [0.29, 0.717) is 6.29 Å². The molecule has 4 nitrogen and oxygen atoms in total. The summed E-state index contributed by atoms with van der Waals surface area (Å²) >= 11 is 0. The van der Waals surface area contributed by atoms with Crippen molar-refractivity contribution in [1.82, 2.24) is 4.57 Å². The van der Waals surface area contributed by atoms with E-state index in [1.807, 2.05) is 0 Å². The predicted octanol–water partition coefficient (Wildman–Crippen LogP) is 1.88. The van der Waals surface area contributed by atoms with E-state index in [-0.39, 0.29) is 30.0 Å². The third-order valence-electron chi connectivity index (χ3n) is 2.60. The number of benzene rings is 1. The molecule has 0 N–H and O–H groups in total. The lowest BCUT2D eigenvalue weighted by Gasteiger charge is -2.10. The van der Waals surface area contributed by atoms with Crippen LogP contribution in [0.1, 0.15) is 10.4 Å². The van der Waals surface area contributed by atoms with Gasteiger partial charge in [-0.15, -0.1) is 0 Å². The van der Waals surface area contributed by atoms with Gasteiger partial charge in [-0.25, -0.2) is 4.39 Å². The van der Waals surface area contributed by atoms with E-state index in [0.717, 1.165) is 0 Å². The Bertz CT molecular complexity index is 637. The van der Waals surface area contributed by atoms with Gasteiger partial charge in [0.25, 0.3) is 5.56 Å². The molecule has 2 rings (SSSR count). The molecule has 19 heavy (non-hydrogen) atoms. The number of aromatic nitrogens is 1. The molecule has 0 amide bonds. The van der Waals surface area contributed by atoms with E-state index < -0.39 is 5.82 Å². The minimum atomic E-state index is -0.593. The molecule has 1 heterocycles. The standard InChI is InChI=1S/C14H12FNO3/c15-12-5-3-4-11(10-17)14(12)19-9-8-16-7-2-1-6-13(16)18/h1-7,10H,8-9H2. The molecule has 0 aliphatic carbocycles. The highest BCUT2D eigenvalue weighted by Gasteiger charge is 2.08. The smallest absolute Gasteiger partial charge is 0.250 e. The fourth-order valence-corrected chi connectivity index (χ4v) is 1.66. The van der Waals surface area contributed by atoms with Crippen LogP contribution >= 0.6 is 0 Å². The van der Waals surface area contributed by atoms with Crippen LogP contribution in [0, 0.1) is 5.82 Å². The Balaban J connectivity index is 2.06. The Kier molecular flexibility index (Phi) is 4.07. The second-order valence-corrected chi connectivity index (χ2v) is 3.86. The molecule has 0 unspecified atom stereocenters. The van der Waals surface area contributed by atoms with Crippen LogP contribution in [0.4, 0.5) is 4.39 Å². The van der Waals surface area contributed by atoms with E-state index in [9.17, 15) is 14.0 Å². The Morgan fingerprint density at radius 3 is 2.79 bits per heavy atom. The number of rotatable bonds is 5. The lowest BCUT2D eigenvalue weighted by Crippen LogP contribution is -2.21. The molecule has 0 fully saturated rings. The third kappa shape index (κ3) is 3.07. The van der Waals surface area contributed by atoms with Gasteiger partial charge in [0.1, 0.15) is 6.61 Å². The van der Waals surface area contributed by atoms with Crippen molar-refractivity contribution in [2.45, 2.75) is 6.54 Å².